The molecule has 1 saturated heterocycles. The number of carbonyl (C=O) groups is 2. The minimum atomic E-state index is -0.883. The van der Waals surface area contributed by atoms with Gasteiger partial charge in [0.15, 0.2) is 0 Å². The molecule has 2 heterocycles. The van der Waals surface area contributed by atoms with E-state index in [-0.39, 0.29) is 29.4 Å². The third-order valence-electron chi connectivity index (χ3n) is 9.08. The number of likely N-dealkylation sites (tertiary alicyclic amines) is 1. The molecule has 1 aliphatic heterocycles. The molecule has 186 valence electrons. The van der Waals surface area contributed by atoms with Crippen LogP contribution in [0.25, 0.3) is 0 Å². The summed E-state index contributed by atoms with van der Waals surface area (Å²) in [5.41, 5.74) is -0.381. The van der Waals surface area contributed by atoms with Crippen LogP contribution in [0, 0.1) is 23.7 Å². The highest BCUT2D eigenvalue weighted by Gasteiger charge is 2.59. The van der Waals surface area contributed by atoms with Crippen LogP contribution in [0.4, 0.5) is 10.6 Å². The maximum absolute atomic E-state index is 13.3. The molecule has 0 aromatic carbocycles. The monoisotopic (exact) mass is 470 g/mol. The number of nitrogens with zero attached hydrogens (tertiary/aromatic N) is 3. The van der Waals surface area contributed by atoms with E-state index < -0.39 is 11.7 Å². The van der Waals surface area contributed by atoms with Crippen molar-refractivity contribution in [2.75, 3.05) is 18.9 Å². The Morgan fingerprint density at radius 3 is 2.47 bits per heavy atom. The number of hydrogen-bond donors (Lipinski definition) is 3. The SMILES string of the molecule is CN(C(=O)c1cccnc1NC1CCN(C(=O)O)C1C1C2CC3C[C@H]1C[C@@](O)(C3)C2)C(C)(C)C. The number of nitrogens with one attached hydrogen (secondary N) is 1. The Hall–Kier alpha value is -2.35. The van der Waals surface area contributed by atoms with Crippen LogP contribution in [0.2, 0.25) is 0 Å². The largest absolute Gasteiger partial charge is 0.465 e. The molecule has 1 aromatic rings. The first kappa shape index (κ1) is 23.4. The molecule has 0 radical (unpaired) electrons. The van der Waals surface area contributed by atoms with Crippen LogP contribution in [0.5, 0.6) is 0 Å². The predicted molar refractivity (Wildman–Crippen MR) is 129 cm³/mol. The molecule has 34 heavy (non-hydrogen) atoms. The zero-order valence-electron chi connectivity index (χ0n) is 20.7. The summed E-state index contributed by atoms with van der Waals surface area (Å²) in [6.45, 7) is 6.45. The second-order valence-corrected chi connectivity index (χ2v) is 12.2. The quantitative estimate of drug-likeness (QED) is 0.620. The summed E-state index contributed by atoms with van der Waals surface area (Å²) in [5, 5.41) is 24.6. The van der Waals surface area contributed by atoms with Crippen LogP contribution in [0.1, 0.15) is 69.7 Å². The Balaban J connectivity index is 1.44. The number of carboxylic acid groups (broad SMARTS) is 1. The van der Waals surface area contributed by atoms with Crippen molar-refractivity contribution in [3.05, 3.63) is 23.9 Å². The van der Waals surface area contributed by atoms with Crippen molar-refractivity contribution < 1.29 is 19.8 Å². The number of hydrogen-bond acceptors (Lipinski definition) is 5. The Labute approximate surface area is 201 Å². The molecule has 5 aliphatic rings. The maximum atomic E-state index is 13.3. The van der Waals surface area contributed by atoms with Crippen LogP contribution >= 0.6 is 0 Å². The smallest absolute Gasteiger partial charge is 0.407 e. The lowest BCUT2D eigenvalue weighted by molar-refractivity contribution is -0.162. The molecule has 4 bridgehead atoms. The van der Waals surface area contributed by atoms with E-state index in [1.165, 1.54) is 0 Å². The van der Waals surface area contributed by atoms with Gasteiger partial charge in [0.05, 0.1) is 23.2 Å². The summed E-state index contributed by atoms with van der Waals surface area (Å²) >= 11 is 0. The first-order valence-electron chi connectivity index (χ1n) is 12.7. The van der Waals surface area contributed by atoms with Crippen molar-refractivity contribution in [3.63, 3.8) is 0 Å². The van der Waals surface area contributed by atoms with Crippen LogP contribution < -0.4 is 5.32 Å². The van der Waals surface area contributed by atoms with E-state index in [2.05, 4.69) is 10.3 Å². The fourth-order valence-corrected chi connectivity index (χ4v) is 7.60. The van der Waals surface area contributed by atoms with Gasteiger partial charge in [0.2, 0.25) is 0 Å². The number of carbonyl (C=O) groups excluding carboxylic acids is 1. The van der Waals surface area contributed by atoms with Gasteiger partial charge in [-0.2, -0.15) is 0 Å². The lowest BCUT2D eigenvalue weighted by Crippen LogP contribution is -2.61. The molecule has 0 spiro atoms. The highest BCUT2D eigenvalue weighted by atomic mass is 16.4. The normalized spacial score (nSPS) is 36.6. The topological polar surface area (TPSA) is 106 Å². The molecule has 5 unspecified atom stereocenters. The Morgan fingerprint density at radius 2 is 1.88 bits per heavy atom. The van der Waals surface area contributed by atoms with E-state index in [9.17, 15) is 19.8 Å². The molecular weight excluding hydrogens is 432 g/mol. The third kappa shape index (κ3) is 3.93. The van der Waals surface area contributed by atoms with Crippen molar-refractivity contribution in [3.8, 4) is 0 Å². The molecule has 7 atom stereocenters. The second-order valence-electron chi connectivity index (χ2n) is 12.2. The van der Waals surface area contributed by atoms with Crippen molar-refractivity contribution in [2.45, 2.75) is 82.5 Å². The number of aromatic nitrogens is 1. The number of pyridine rings is 1. The molecule has 8 heteroatoms. The molecular formula is C26H38N4O4. The van der Waals surface area contributed by atoms with Gasteiger partial charge in [0, 0.05) is 25.3 Å². The average Bonchev–Trinajstić information content (AvgIpc) is 3.14. The first-order valence-corrected chi connectivity index (χ1v) is 12.7. The molecule has 5 fully saturated rings. The minimum absolute atomic E-state index is 0.107. The van der Waals surface area contributed by atoms with E-state index in [0.29, 0.717) is 42.1 Å². The molecule has 4 aliphatic carbocycles. The predicted octanol–water partition coefficient (Wildman–Crippen LogP) is 3.67. The van der Waals surface area contributed by atoms with Crippen LogP contribution in [0.15, 0.2) is 18.3 Å². The number of anilines is 1. The number of amides is 2. The van der Waals surface area contributed by atoms with Gasteiger partial charge in [0.1, 0.15) is 5.82 Å². The molecule has 8 nitrogen and oxygen atoms in total. The van der Waals surface area contributed by atoms with Gasteiger partial charge in [0.25, 0.3) is 5.91 Å². The van der Waals surface area contributed by atoms with Crippen LogP contribution in [0.3, 0.4) is 0 Å². The molecule has 1 aromatic heterocycles. The lowest BCUT2D eigenvalue weighted by atomic mass is 9.48. The summed E-state index contributed by atoms with van der Waals surface area (Å²) in [6, 6.07) is 3.26. The zero-order valence-corrected chi connectivity index (χ0v) is 20.7. The lowest BCUT2D eigenvalue weighted by Gasteiger charge is -2.60. The highest BCUT2D eigenvalue weighted by Crippen LogP contribution is 2.60. The molecule has 6 rings (SSSR count). The van der Waals surface area contributed by atoms with Gasteiger partial charge in [-0.3, -0.25) is 4.79 Å². The first-order chi connectivity index (χ1) is 16.0. The van der Waals surface area contributed by atoms with Gasteiger partial charge in [-0.25, -0.2) is 9.78 Å². The van der Waals surface area contributed by atoms with Crippen molar-refractivity contribution in [1.82, 2.24) is 14.8 Å². The van der Waals surface area contributed by atoms with Crippen molar-refractivity contribution in [1.29, 1.82) is 0 Å². The average molecular weight is 471 g/mol. The van der Waals surface area contributed by atoms with E-state index in [4.69, 9.17) is 0 Å². The van der Waals surface area contributed by atoms with Gasteiger partial charge in [-0.15, -0.1) is 0 Å². The highest BCUT2D eigenvalue weighted by molar-refractivity contribution is 5.99. The minimum Gasteiger partial charge on any atom is -0.465 e. The van der Waals surface area contributed by atoms with Gasteiger partial charge in [-0.05, 0) is 95.1 Å². The summed E-state index contributed by atoms with van der Waals surface area (Å²) < 4.78 is 0. The van der Waals surface area contributed by atoms with Gasteiger partial charge < -0.3 is 25.3 Å². The maximum Gasteiger partial charge on any atom is 0.407 e. The molecule has 3 N–H and O–H groups in total. The zero-order chi connectivity index (χ0) is 24.4. The van der Waals surface area contributed by atoms with Crippen molar-refractivity contribution in [2.24, 2.45) is 23.7 Å². The summed E-state index contributed by atoms with van der Waals surface area (Å²) in [4.78, 5) is 33.4. The van der Waals surface area contributed by atoms with Gasteiger partial charge in [-0.1, -0.05) is 0 Å². The van der Waals surface area contributed by atoms with E-state index in [0.717, 1.165) is 32.1 Å². The summed E-state index contributed by atoms with van der Waals surface area (Å²) in [5.74, 6) is 1.91. The fourth-order valence-electron chi connectivity index (χ4n) is 7.60. The number of rotatable bonds is 4. The molecule has 2 amide bonds. The summed E-state index contributed by atoms with van der Waals surface area (Å²) in [6.07, 6.45) is 6.12. The standard InChI is InChI=1S/C26H38N4O4/c1-25(2,3)29(4)23(31)18-6-5-8-27-22(18)28-19-7-9-30(24(32)33)21(19)20-16-10-15-11-17(20)14-26(34,12-15)13-16/h5-6,8,15-17,19-21,34H,7,9-14H2,1-4H3,(H,27,28)(H,32,33)/t15?,16-,17?,19?,20?,21?,26-/m0/s1. The Kier molecular flexibility index (Phi) is 5.58. The summed E-state index contributed by atoms with van der Waals surface area (Å²) in [7, 11) is 1.79. The van der Waals surface area contributed by atoms with Crippen molar-refractivity contribution >= 4 is 17.8 Å². The third-order valence-corrected chi connectivity index (χ3v) is 9.08. The Morgan fingerprint density at radius 1 is 1.21 bits per heavy atom. The second kappa shape index (κ2) is 8.11. The van der Waals surface area contributed by atoms with E-state index in [1.54, 1.807) is 35.2 Å². The van der Waals surface area contributed by atoms with Crippen LogP contribution in [-0.4, -0.2) is 73.8 Å². The van der Waals surface area contributed by atoms with E-state index in [1.807, 2.05) is 20.8 Å². The molecule has 4 saturated carbocycles. The number of aliphatic hydroxyl groups is 1. The Bertz CT molecular complexity index is 960. The fraction of sp³-hybridized carbons (Fsp3) is 0.731. The van der Waals surface area contributed by atoms with Crippen LogP contribution in [-0.2, 0) is 0 Å². The van der Waals surface area contributed by atoms with Gasteiger partial charge >= 0.3 is 6.09 Å². The van der Waals surface area contributed by atoms with E-state index >= 15 is 0 Å².